The lowest BCUT2D eigenvalue weighted by Gasteiger charge is -2.13. The van der Waals surface area contributed by atoms with Crippen molar-refractivity contribution in [2.45, 2.75) is 25.9 Å². The summed E-state index contributed by atoms with van der Waals surface area (Å²) in [6, 6.07) is 1.22. The number of anilines is 1. The number of benzene rings is 1. The number of nitrogen functional groups attached to an aromatic ring is 1. The number of hydrogen-bond acceptors (Lipinski definition) is 4. The summed E-state index contributed by atoms with van der Waals surface area (Å²) >= 11 is 0. The van der Waals surface area contributed by atoms with E-state index in [2.05, 4.69) is 4.74 Å². The van der Waals surface area contributed by atoms with Crippen LogP contribution in [0.3, 0.4) is 0 Å². The van der Waals surface area contributed by atoms with Gasteiger partial charge in [0.05, 0.1) is 11.3 Å². The number of esters is 1. The standard InChI is InChI=1S/C12H13F2NO4/c1-2-3-10(11(16)17)19-12(18)6-4-8(14)9(15)5-7(6)13/h4-5,10H,2-3,15H2,1H3,(H,16,17). The molecule has 1 aromatic rings. The Balaban J connectivity index is 2.94. The molecule has 0 aromatic heterocycles. The van der Waals surface area contributed by atoms with Crippen LogP contribution < -0.4 is 5.73 Å². The van der Waals surface area contributed by atoms with Crippen LogP contribution in [0.15, 0.2) is 12.1 Å². The highest BCUT2D eigenvalue weighted by Gasteiger charge is 2.24. The second kappa shape index (κ2) is 6.12. The van der Waals surface area contributed by atoms with Gasteiger partial charge in [0.2, 0.25) is 0 Å². The second-order valence-electron chi connectivity index (χ2n) is 3.87. The van der Waals surface area contributed by atoms with Crippen molar-refractivity contribution in [3.8, 4) is 0 Å². The van der Waals surface area contributed by atoms with Crippen molar-refractivity contribution in [3.63, 3.8) is 0 Å². The van der Waals surface area contributed by atoms with Gasteiger partial charge in [0.15, 0.2) is 6.10 Å². The van der Waals surface area contributed by atoms with Gasteiger partial charge >= 0.3 is 11.9 Å². The fraction of sp³-hybridized carbons (Fsp3) is 0.333. The van der Waals surface area contributed by atoms with Crippen LogP contribution >= 0.6 is 0 Å². The molecule has 0 fully saturated rings. The molecule has 0 radical (unpaired) electrons. The lowest BCUT2D eigenvalue weighted by molar-refractivity contribution is -0.147. The second-order valence-corrected chi connectivity index (χ2v) is 3.87. The molecule has 0 saturated heterocycles. The van der Waals surface area contributed by atoms with Crippen LogP contribution in [-0.4, -0.2) is 23.1 Å². The number of nitrogens with two attached hydrogens (primary N) is 1. The minimum atomic E-state index is -1.39. The molecule has 0 amide bonds. The summed E-state index contributed by atoms with van der Waals surface area (Å²) in [4.78, 5) is 22.4. The lowest BCUT2D eigenvalue weighted by Crippen LogP contribution is -2.27. The average Bonchev–Trinajstić information content (AvgIpc) is 2.32. The maximum absolute atomic E-state index is 13.4. The van der Waals surface area contributed by atoms with Crippen molar-refractivity contribution < 1.29 is 28.2 Å². The molecular formula is C12H13F2NO4. The van der Waals surface area contributed by atoms with Crippen LogP contribution in [-0.2, 0) is 9.53 Å². The Kier molecular flexibility index (Phi) is 4.80. The van der Waals surface area contributed by atoms with Gasteiger partial charge in [0, 0.05) is 6.07 Å². The molecule has 0 heterocycles. The number of hydrogen-bond donors (Lipinski definition) is 2. The molecule has 0 aliphatic heterocycles. The summed E-state index contributed by atoms with van der Waals surface area (Å²) in [7, 11) is 0. The number of ether oxygens (including phenoxy) is 1. The van der Waals surface area contributed by atoms with Crippen molar-refractivity contribution in [1.82, 2.24) is 0 Å². The van der Waals surface area contributed by atoms with Gasteiger partial charge in [-0.15, -0.1) is 0 Å². The minimum absolute atomic E-state index is 0.0835. The molecule has 0 aliphatic rings. The number of rotatable bonds is 5. The first-order chi connectivity index (χ1) is 8.86. The molecule has 0 aliphatic carbocycles. The zero-order chi connectivity index (χ0) is 14.6. The van der Waals surface area contributed by atoms with Crippen LogP contribution in [0.1, 0.15) is 30.1 Å². The molecule has 5 nitrogen and oxygen atoms in total. The Hall–Kier alpha value is -2.18. The van der Waals surface area contributed by atoms with Crippen molar-refractivity contribution >= 4 is 17.6 Å². The molecule has 1 unspecified atom stereocenters. The van der Waals surface area contributed by atoms with E-state index in [4.69, 9.17) is 10.8 Å². The Morgan fingerprint density at radius 3 is 2.53 bits per heavy atom. The third-order valence-corrected chi connectivity index (χ3v) is 2.38. The summed E-state index contributed by atoms with van der Waals surface area (Å²) in [6.45, 7) is 1.70. The van der Waals surface area contributed by atoms with Crippen LogP contribution in [0.2, 0.25) is 0 Å². The largest absolute Gasteiger partial charge is 0.479 e. The van der Waals surface area contributed by atoms with Gasteiger partial charge < -0.3 is 15.6 Å². The highest BCUT2D eigenvalue weighted by Crippen LogP contribution is 2.18. The molecule has 1 aromatic carbocycles. The summed E-state index contributed by atoms with van der Waals surface area (Å²) in [6.07, 6.45) is -0.847. The Morgan fingerprint density at radius 1 is 1.37 bits per heavy atom. The molecule has 19 heavy (non-hydrogen) atoms. The van der Waals surface area contributed by atoms with Crippen molar-refractivity contribution in [3.05, 3.63) is 29.3 Å². The van der Waals surface area contributed by atoms with Gasteiger partial charge in [-0.25, -0.2) is 18.4 Å². The molecule has 0 spiro atoms. The first kappa shape index (κ1) is 14.9. The van der Waals surface area contributed by atoms with Crippen LogP contribution in [0.25, 0.3) is 0 Å². The van der Waals surface area contributed by atoms with E-state index < -0.39 is 40.9 Å². The first-order valence-corrected chi connectivity index (χ1v) is 5.55. The molecule has 0 saturated carbocycles. The summed E-state index contributed by atoms with van der Waals surface area (Å²) < 4.78 is 31.2. The van der Waals surface area contributed by atoms with E-state index in [9.17, 15) is 18.4 Å². The van der Waals surface area contributed by atoms with Crippen LogP contribution in [0.4, 0.5) is 14.5 Å². The fourth-order valence-electron chi connectivity index (χ4n) is 1.41. The van der Waals surface area contributed by atoms with Crippen LogP contribution in [0.5, 0.6) is 0 Å². The van der Waals surface area contributed by atoms with Crippen molar-refractivity contribution in [2.24, 2.45) is 0 Å². The maximum atomic E-state index is 13.4. The highest BCUT2D eigenvalue weighted by molar-refractivity contribution is 5.92. The molecule has 3 N–H and O–H groups in total. The monoisotopic (exact) mass is 273 g/mol. The van der Waals surface area contributed by atoms with E-state index in [0.29, 0.717) is 18.6 Å². The smallest absolute Gasteiger partial charge is 0.345 e. The van der Waals surface area contributed by atoms with Gasteiger partial charge in [-0.1, -0.05) is 13.3 Å². The van der Waals surface area contributed by atoms with E-state index in [1.54, 1.807) is 6.92 Å². The zero-order valence-electron chi connectivity index (χ0n) is 10.2. The van der Waals surface area contributed by atoms with Gasteiger partial charge in [-0.2, -0.15) is 0 Å². The minimum Gasteiger partial charge on any atom is -0.479 e. The van der Waals surface area contributed by atoms with E-state index in [-0.39, 0.29) is 6.42 Å². The first-order valence-electron chi connectivity index (χ1n) is 5.55. The molecule has 104 valence electrons. The van der Waals surface area contributed by atoms with Crippen molar-refractivity contribution in [1.29, 1.82) is 0 Å². The molecule has 1 rings (SSSR count). The number of carboxylic acids is 1. The van der Waals surface area contributed by atoms with Gasteiger partial charge in [-0.05, 0) is 12.5 Å². The lowest BCUT2D eigenvalue weighted by atomic mass is 10.1. The van der Waals surface area contributed by atoms with Gasteiger partial charge in [0.1, 0.15) is 11.6 Å². The van der Waals surface area contributed by atoms with E-state index in [0.717, 1.165) is 0 Å². The molecular weight excluding hydrogens is 260 g/mol. The number of aliphatic carboxylic acids is 1. The zero-order valence-corrected chi connectivity index (χ0v) is 10.2. The molecule has 1 atom stereocenters. The molecule has 0 bridgehead atoms. The quantitative estimate of drug-likeness (QED) is 0.632. The summed E-state index contributed by atoms with van der Waals surface area (Å²) in [5, 5.41) is 8.80. The van der Waals surface area contributed by atoms with Gasteiger partial charge in [0.25, 0.3) is 0 Å². The van der Waals surface area contributed by atoms with Crippen LogP contribution in [0, 0.1) is 11.6 Å². The van der Waals surface area contributed by atoms with E-state index >= 15 is 0 Å². The van der Waals surface area contributed by atoms with E-state index in [1.807, 2.05) is 0 Å². The molecule has 7 heteroatoms. The van der Waals surface area contributed by atoms with E-state index in [1.165, 1.54) is 0 Å². The Bertz CT molecular complexity index is 505. The number of halogens is 2. The Labute approximate surface area is 108 Å². The SMILES string of the molecule is CCCC(OC(=O)c1cc(F)c(N)cc1F)C(=O)O. The number of carboxylic acid groups (broad SMARTS) is 1. The fourth-order valence-corrected chi connectivity index (χ4v) is 1.41. The predicted molar refractivity (Wildman–Crippen MR) is 62.5 cm³/mol. The average molecular weight is 273 g/mol. The normalized spacial score (nSPS) is 11.9. The topological polar surface area (TPSA) is 89.6 Å². The van der Waals surface area contributed by atoms with Gasteiger partial charge in [-0.3, -0.25) is 0 Å². The summed E-state index contributed by atoms with van der Waals surface area (Å²) in [5.41, 5.74) is 3.99. The number of carbonyl (C=O) groups is 2. The van der Waals surface area contributed by atoms with Crippen molar-refractivity contribution in [2.75, 3.05) is 5.73 Å². The highest BCUT2D eigenvalue weighted by atomic mass is 19.1. The maximum Gasteiger partial charge on any atom is 0.345 e. The third-order valence-electron chi connectivity index (χ3n) is 2.38. The number of carbonyl (C=O) groups excluding carboxylic acids is 1. The predicted octanol–water partition coefficient (Wildman–Crippen LogP) is 1.96. The Morgan fingerprint density at radius 2 is 2.00 bits per heavy atom. The third kappa shape index (κ3) is 3.64. The summed E-state index contributed by atoms with van der Waals surface area (Å²) in [5.74, 6) is -4.62.